The summed E-state index contributed by atoms with van der Waals surface area (Å²) < 4.78 is 26.5. The molecular weight excluding hydrogens is 262 g/mol. The predicted octanol–water partition coefficient (Wildman–Crippen LogP) is 1.52. The van der Waals surface area contributed by atoms with Crippen molar-refractivity contribution in [3.8, 4) is 0 Å². The first kappa shape index (κ1) is 12.5. The summed E-state index contributed by atoms with van der Waals surface area (Å²) in [6, 6.07) is 2.55. The number of rotatable bonds is 5. The Bertz CT molecular complexity index is 530. The van der Waals surface area contributed by atoms with Gasteiger partial charge in [-0.1, -0.05) is 0 Å². The Hall–Kier alpha value is -0.920. The van der Waals surface area contributed by atoms with Gasteiger partial charge in [-0.05, 0) is 37.8 Å². The van der Waals surface area contributed by atoms with E-state index >= 15 is 0 Å². The fourth-order valence-corrected chi connectivity index (χ4v) is 4.05. The van der Waals surface area contributed by atoms with Gasteiger partial charge in [-0.25, -0.2) is 17.9 Å². The molecule has 1 atom stereocenters. The number of sulfonamides is 1. The van der Waals surface area contributed by atoms with Crippen LogP contribution in [0, 0.1) is 5.92 Å². The van der Waals surface area contributed by atoms with E-state index in [1.54, 1.807) is 0 Å². The van der Waals surface area contributed by atoms with Crippen LogP contribution in [0.5, 0.6) is 0 Å². The molecule has 1 heterocycles. The summed E-state index contributed by atoms with van der Waals surface area (Å²) in [6.07, 6.45) is 2.10. The molecule has 0 bridgehead atoms. The van der Waals surface area contributed by atoms with Gasteiger partial charge in [0.15, 0.2) is 0 Å². The highest BCUT2D eigenvalue weighted by Crippen LogP contribution is 2.33. The van der Waals surface area contributed by atoms with E-state index in [2.05, 4.69) is 4.72 Å². The van der Waals surface area contributed by atoms with Gasteiger partial charge in [-0.3, -0.25) is 0 Å². The van der Waals surface area contributed by atoms with E-state index in [0.29, 0.717) is 5.92 Å². The van der Waals surface area contributed by atoms with Crippen LogP contribution in [0.25, 0.3) is 0 Å². The number of thiophene rings is 1. The average molecular weight is 275 g/mol. The molecule has 0 saturated heterocycles. The molecule has 1 saturated carbocycles. The minimum absolute atomic E-state index is 0.0319. The summed E-state index contributed by atoms with van der Waals surface area (Å²) >= 11 is 0.772. The minimum Gasteiger partial charge on any atom is -0.477 e. The van der Waals surface area contributed by atoms with Crippen LogP contribution in [-0.2, 0) is 10.0 Å². The lowest BCUT2D eigenvalue weighted by Crippen LogP contribution is -2.33. The number of carbonyl (C=O) groups is 1. The van der Waals surface area contributed by atoms with Gasteiger partial charge < -0.3 is 5.11 Å². The maximum atomic E-state index is 11.9. The number of carboxylic acids is 1. The van der Waals surface area contributed by atoms with Crippen molar-refractivity contribution in [2.24, 2.45) is 5.92 Å². The number of hydrogen-bond acceptors (Lipinski definition) is 4. The van der Waals surface area contributed by atoms with Crippen molar-refractivity contribution in [2.45, 2.75) is 30.0 Å². The maximum absolute atomic E-state index is 11.9. The summed E-state index contributed by atoms with van der Waals surface area (Å²) in [7, 11) is -3.57. The largest absolute Gasteiger partial charge is 0.477 e. The second-order valence-corrected chi connectivity index (χ2v) is 7.20. The smallest absolute Gasteiger partial charge is 0.345 e. The lowest BCUT2D eigenvalue weighted by atomic mass is 10.2. The quantitative estimate of drug-likeness (QED) is 0.853. The third-order valence-electron chi connectivity index (χ3n) is 2.73. The van der Waals surface area contributed by atoms with Crippen LogP contribution >= 0.6 is 11.3 Å². The van der Waals surface area contributed by atoms with Crippen LogP contribution in [0.15, 0.2) is 16.3 Å². The fraction of sp³-hybridized carbons (Fsp3) is 0.500. The molecule has 1 aromatic rings. The Labute approximate surface area is 104 Å². The van der Waals surface area contributed by atoms with E-state index in [9.17, 15) is 13.2 Å². The van der Waals surface area contributed by atoms with Gasteiger partial charge in [-0.2, -0.15) is 0 Å². The Kier molecular flexibility index (Phi) is 3.24. The molecule has 1 aliphatic carbocycles. The van der Waals surface area contributed by atoms with Crippen LogP contribution in [0.1, 0.15) is 29.4 Å². The molecule has 1 fully saturated rings. The molecule has 0 aromatic carbocycles. The fourth-order valence-electron chi connectivity index (χ4n) is 1.57. The normalized spacial score (nSPS) is 17.9. The third-order valence-corrected chi connectivity index (χ3v) is 5.85. The number of aromatic carboxylic acids is 1. The van der Waals surface area contributed by atoms with E-state index in [1.165, 1.54) is 12.1 Å². The van der Waals surface area contributed by atoms with Crippen molar-refractivity contribution in [1.82, 2.24) is 4.72 Å². The molecule has 0 aliphatic heterocycles. The molecular formula is C10H13NO4S2. The Morgan fingerprint density at radius 2 is 2.18 bits per heavy atom. The molecule has 1 aliphatic rings. The molecule has 94 valence electrons. The SMILES string of the molecule is CC(NS(=O)(=O)c1ccc(C(=O)O)s1)C1CC1. The molecule has 0 amide bonds. The van der Waals surface area contributed by atoms with Crippen molar-refractivity contribution in [1.29, 1.82) is 0 Å². The van der Waals surface area contributed by atoms with Gasteiger partial charge in [0.05, 0.1) is 0 Å². The molecule has 1 unspecified atom stereocenters. The second kappa shape index (κ2) is 4.40. The van der Waals surface area contributed by atoms with Crippen LogP contribution < -0.4 is 4.72 Å². The lowest BCUT2D eigenvalue weighted by molar-refractivity contribution is 0.0702. The zero-order chi connectivity index (χ0) is 12.6. The van der Waals surface area contributed by atoms with Crippen LogP contribution in [-0.4, -0.2) is 25.5 Å². The standard InChI is InChI=1S/C10H13NO4S2/c1-6(7-2-3-7)11-17(14,15)9-5-4-8(16-9)10(12)13/h4-7,11H,2-3H2,1H3,(H,12,13). The first-order chi connectivity index (χ1) is 7.90. The Balaban J connectivity index is 2.15. The zero-order valence-electron chi connectivity index (χ0n) is 9.21. The number of hydrogen-bond donors (Lipinski definition) is 2. The molecule has 0 radical (unpaired) electrons. The Morgan fingerprint density at radius 1 is 1.53 bits per heavy atom. The van der Waals surface area contributed by atoms with Gasteiger partial charge in [0.25, 0.3) is 0 Å². The van der Waals surface area contributed by atoms with Crippen molar-refractivity contribution in [2.75, 3.05) is 0 Å². The summed E-state index contributed by atoms with van der Waals surface area (Å²) in [5.74, 6) is -0.685. The van der Waals surface area contributed by atoms with Crippen LogP contribution in [0.3, 0.4) is 0 Å². The summed E-state index contributed by atoms with van der Waals surface area (Å²) in [5, 5.41) is 8.74. The topological polar surface area (TPSA) is 83.5 Å². The van der Waals surface area contributed by atoms with Crippen molar-refractivity contribution in [3.63, 3.8) is 0 Å². The first-order valence-electron chi connectivity index (χ1n) is 5.25. The number of nitrogens with one attached hydrogen (secondary N) is 1. The zero-order valence-corrected chi connectivity index (χ0v) is 10.8. The highest BCUT2D eigenvalue weighted by atomic mass is 32.2. The highest BCUT2D eigenvalue weighted by Gasteiger charge is 2.31. The van der Waals surface area contributed by atoms with Crippen molar-refractivity contribution in [3.05, 3.63) is 17.0 Å². The van der Waals surface area contributed by atoms with Gasteiger partial charge in [0, 0.05) is 6.04 Å². The van der Waals surface area contributed by atoms with Gasteiger partial charge in [0.1, 0.15) is 9.09 Å². The molecule has 17 heavy (non-hydrogen) atoms. The highest BCUT2D eigenvalue weighted by molar-refractivity contribution is 7.91. The predicted molar refractivity (Wildman–Crippen MR) is 63.8 cm³/mol. The first-order valence-corrected chi connectivity index (χ1v) is 7.55. The molecule has 7 heteroatoms. The van der Waals surface area contributed by atoms with Gasteiger partial charge >= 0.3 is 5.97 Å². The summed E-state index contributed by atoms with van der Waals surface area (Å²) in [4.78, 5) is 10.7. The minimum atomic E-state index is -3.57. The second-order valence-electron chi connectivity index (χ2n) is 4.17. The van der Waals surface area contributed by atoms with E-state index in [4.69, 9.17) is 5.11 Å². The Morgan fingerprint density at radius 3 is 2.65 bits per heavy atom. The van der Waals surface area contributed by atoms with E-state index in [1.807, 2.05) is 6.92 Å². The molecule has 0 spiro atoms. The lowest BCUT2D eigenvalue weighted by Gasteiger charge is -2.11. The van der Waals surface area contributed by atoms with E-state index in [-0.39, 0.29) is 15.1 Å². The van der Waals surface area contributed by atoms with Crippen LogP contribution in [0.4, 0.5) is 0 Å². The molecule has 5 nitrogen and oxygen atoms in total. The summed E-state index contributed by atoms with van der Waals surface area (Å²) in [6.45, 7) is 1.83. The van der Waals surface area contributed by atoms with Gasteiger partial charge in [0.2, 0.25) is 10.0 Å². The van der Waals surface area contributed by atoms with Crippen LogP contribution in [0.2, 0.25) is 0 Å². The average Bonchev–Trinajstić information content (AvgIpc) is 2.93. The molecule has 2 N–H and O–H groups in total. The number of carboxylic acid groups (broad SMARTS) is 1. The maximum Gasteiger partial charge on any atom is 0.345 e. The van der Waals surface area contributed by atoms with Gasteiger partial charge in [-0.15, -0.1) is 11.3 Å². The molecule has 2 rings (SSSR count). The van der Waals surface area contributed by atoms with Crippen molar-refractivity contribution < 1.29 is 18.3 Å². The van der Waals surface area contributed by atoms with Crippen molar-refractivity contribution >= 4 is 27.3 Å². The third kappa shape index (κ3) is 2.85. The summed E-state index contributed by atoms with van der Waals surface area (Å²) in [5.41, 5.74) is 0. The monoisotopic (exact) mass is 275 g/mol. The molecule has 1 aromatic heterocycles. The van der Waals surface area contributed by atoms with E-state index < -0.39 is 16.0 Å². The van der Waals surface area contributed by atoms with E-state index in [0.717, 1.165) is 24.2 Å².